The molecule has 0 amide bonds. The summed E-state index contributed by atoms with van der Waals surface area (Å²) in [6, 6.07) is 2.06. The predicted octanol–water partition coefficient (Wildman–Crippen LogP) is 1.93. The molecule has 0 radical (unpaired) electrons. The smallest absolute Gasteiger partial charge is 0.0209 e. The largest absolute Gasteiger partial charge is 0.310 e. The second-order valence-corrected chi connectivity index (χ2v) is 6.51. The van der Waals surface area contributed by atoms with E-state index in [2.05, 4.69) is 35.9 Å². The van der Waals surface area contributed by atoms with E-state index in [1.54, 1.807) is 0 Å². The average Bonchev–Trinajstić information content (AvgIpc) is 2.78. The Kier molecular flexibility index (Phi) is 5.46. The lowest BCUT2D eigenvalue weighted by molar-refractivity contribution is 0.151. The maximum atomic E-state index is 3.67. The third-order valence-electron chi connectivity index (χ3n) is 4.38. The Balaban J connectivity index is 1.71. The van der Waals surface area contributed by atoms with Crippen molar-refractivity contribution in [1.82, 2.24) is 15.1 Å². The van der Waals surface area contributed by atoms with E-state index in [1.807, 2.05) is 0 Å². The first-order chi connectivity index (χ1) is 8.65. The number of rotatable bonds is 5. The van der Waals surface area contributed by atoms with Gasteiger partial charge in [0.15, 0.2) is 0 Å². The molecule has 2 saturated heterocycles. The van der Waals surface area contributed by atoms with E-state index < -0.39 is 0 Å². The molecule has 0 aromatic heterocycles. The molecule has 0 aliphatic carbocycles. The van der Waals surface area contributed by atoms with E-state index in [4.69, 9.17) is 0 Å². The Hall–Kier alpha value is -0.120. The fraction of sp³-hybridized carbons (Fsp3) is 1.00. The first-order valence-corrected chi connectivity index (χ1v) is 7.87. The van der Waals surface area contributed by atoms with Crippen LogP contribution >= 0.6 is 0 Å². The maximum absolute atomic E-state index is 3.67. The van der Waals surface area contributed by atoms with E-state index >= 15 is 0 Å². The van der Waals surface area contributed by atoms with Gasteiger partial charge in [-0.3, -0.25) is 4.90 Å². The van der Waals surface area contributed by atoms with Crippen LogP contribution in [0.2, 0.25) is 0 Å². The second-order valence-electron chi connectivity index (χ2n) is 6.51. The van der Waals surface area contributed by atoms with Gasteiger partial charge in [-0.2, -0.15) is 0 Å². The predicted molar refractivity (Wildman–Crippen MR) is 78.0 cm³/mol. The maximum Gasteiger partial charge on any atom is 0.0209 e. The molecule has 2 aliphatic heterocycles. The zero-order chi connectivity index (χ0) is 13.0. The lowest BCUT2D eigenvalue weighted by Crippen LogP contribution is -2.44. The molecule has 3 heteroatoms. The van der Waals surface area contributed by atoms with Crippen molar-refractivity contribution < 1.29 is 0 Å². The van der Waals surface area contributed by atoms with E-state index in [1.165, 1.54) is 58.4 Å². The molecule has 2 heterocycles. The van der Waals surface area contributed by atoms with E-state index in [0.717, 1.165) is 6.04 Å². The van der Waals surface area contributed by atoms with Gasteiger partial charge in [0.05, 0.1) is 0 Å². The molecule has 2 unspecified atom stereocenters. The van der Waals surface area contributed by atoms with Crippen LogP contribution < -0.4 is 5.32 Å². The van der Waals surface area contributed by atoms with E-state index in [-0.39, 0.29) is 0 Å². The third kappa shape index (κ3) is 4.22. The molecule has 0 saturated carbocycles. The van der Waals surface area contributed by atoms with Crippen molar-refractivity contribution in [3.63, 3.8) is 0 Å². The summed E-state index contributed by atoms with van der Waals surface area (Å²) < 4.78 is 0. The van der Waals surface area contributed by atoms with Gasteiger partial charge in [-0.05, 0) is 39.3 Å². The fourth-order valence-corrected chi connectivity index (χ4v) is 3.43. The topological polar surface area (TPSA) is 18.5 Å². The van der Waals surface area contributed by atoms with Crippen LogP contribution in [0.15, 0.2) is 0 Å². The molecule has 1 N–H and O–H groups in total. The van der Waals surface area contributed by atoms with Crippen LogP contribution in [0.25, 0.3) is 0 Å². The van der Waals surface area contributed by atoms with Gasteiger partial charge in [0, 0.05) is 37.8 Å². The molecular formula is C15H31N3. The lowest BCUT2D eigenvalue weighted by Gasteiger charge is -2.33. The summed E-state index contributed by atoms with van der Waals surface area (Å²) in [5, 5.41) is 3.67. The van der Waals surface area contributed by atoms with Gasteiger partial charge in [-0.15, -0.1) is 0 Å². The molecular weight excluding hydrogens is 222 g/mol. The highest BCUT2D eigenvalue weighted by Gasteiger charge is 2.27. The van der Waals surface area contributed by atoms with Gasteiger partial charge in [0.25, 0.3) is 0 Å². The first-order valence-electron chi connectivity index (χ1n) is 7.87. The molecule has 0 bridgehead atoms. The Morgan fingerprint density at radius 3 is 2.44 bits per heavy atom. The van der Waals surface area contributed by atoms with Crippen molar-refractivity contribution in [3.05, 3.63) is 0 Å². The number of hydrogen-bond acceptors (Lipinski definition) is 3. The molecule has 0 aromatic carbocycles. The number of nitrogens with one attached hydrogen (secondary N) is 1. The van der Waals surface area contributed by atoms with Crippen LogP contribution in [0.4, 0.5) is 0 Å². The lowest BCUT2D eigenvalue weighted by atomic mass is 10.1. The number of likely N-dealkylation sites (tertiary alicyclic amines) is 2. The van der Waals surface area contributed by atoms with Crippen molar-refractivity contribution in [2.75, 3.05) is 32.7 Å². The van der Waals surface area contributed by atoms with Crippen LogP contribution in [0.5, 0.6) is 0 Å². The summed E-state index contributed by atoms with van der Waals surface area (Å²) in [5.74, 6) is 0. The van der Waals surface area contributed by atoms with Crippen LogP contribution in [0.3, 0.4) is 0 Å². The standard InChI is InChI=1S/C15H31N3/c1-13(2)16-15-7-10-18(12-15)14(3)11-17-8-5-4-6-9-17/h13-16H,4-12H2,1-3H3. The highest BCUT2D eigenvalue weighted by Crippen LogP contribution is 2.16. The number of piperidine rings is 1. The minimum absolute atomic E-state index is 0.618. The monoisotopic (exact) mass is 253 g/mol. The first kappa shape index (κ1) is 14.3. The van der Waals surface area contributed by atoms with E-state index in [0.29, 0.717) is 12.1 Å². The third-order valence-corrected chi connectivity index (χ3v) is 4.38. The molecule has 2 rings (SSSR count). The molecule has 106 valence electrons. The molecule has 2 fully saturated rings. The fourth-order valence-electron chi connectivity index (χ4n) is 3.43. The Morgan fingerprint density at radius 2 is 1.78 bits per heavy atom. The van der Waals surface area contributed by atoms with Gasteiger partial charge < -0.3 is 10.2 Å². The molecule has 2 aliphatic rings. The molecule has 2 atom stereocenters. The van der Waals surface area contributed by atoms with Crippen LogP contribution in [-0.4, -0.2) is 60.6 Å². The van der Waals surface area contributed by atoms with Gasteiger partial charge in [-0.1, -0.05) is 20.3 Å². The van der Waals surface area contributed by atoms with Crippen molar-refractivity contribution in [1.29, 1.82) is 0 Å². The van der Waals surface area contributed by atoms with E-state index in [9.17, 15) is 0 Å². The zero-order valence-electron chi connectivity index (χ0n) is 12.5. The van der Waals surface area contributed by atoms with Crippen molar-refractivity contribution in [2.45, 2.75) is 64.6 Å². The zero-order valence-corrected chi connectivity index (χ0v) is 12.5. The normalized spacial score (nSPS) is 29.0. The number of nitrogens with zero attached hydrogens (tertiary/aromatic N) is 2. The quantitative estimate of drug-likeness (QED) is 0.808. The Morgan fingerprint density at radius 1 is 1.06 bits per heavy atom. The Labute approximate surface area is 113 Å². The summed E-state index contributed by atoms with van der Waals surface area (Å²) in [4.78, 5) is 5.34. The molecule has 18 heavy (non-hydrogen) atoms. The molecule has 0 aromatic rings. The van der Waals surface area contributed by atoms with Crippen LogP contribution in [0.1, 0.15) is 46.5 Å². The molecule has 0 spiro atoms. The molecule has 3 nitrogen and oxygen atoms in total. The van der Waals surface area contributed by atoms with Crippen LogP contribution in [0, 0.1) is 0 Å². The van der Waals surface area contributed by atoms with Gasteiger partial charge in [0.1, 0.15) is 0 Å². The van der Waals surface area contributed by atoms with Crippen molar-refractivity contribution in [2.24, 2.45) is 0 Å². The summed E-state index contributed by atoms with van der Waals surface area (Å²) in [6.45, 7) is 13.4. The van der Waals surface area contributed by atoms with Crippen molar-refractivity contribution in [3.8, 4) is 0 Å². The highest BCUT2D eigenvalue weighted by molar-refractivity contribution is 4.86. The van der Waals surface area contributed by atoms with Gasteiger partial charge in [-0.25, -0.2) is 0 Å². The van der Waals surface area contributed by atoms with Crippen LogP contribution in [-0.2, 0) is 0 Å². The summed E-state index contributed by atoms with van der Waals surface area (Å²) in [5.41, 5.74) is 0. The van der Waals surface area contributed by atoms with Crippen molar-refractivity contribution >= 4 is 0 Å². The number of hydrogen-bond donors (Lipinski definition) is 1. The summed E-state index contributed by atoms with van der Waals surface area (Å²) in [6.07, 6.45) is 5.58. The SMILES string of the molecule is CC(C)NC1CCN(C(C)CN2CCCCC2)C1. The Bertz CT molecular complexity index is 236. The van der Waals surface area contributed by atoms with Gasteiger partial charge >= 0.3 is 0 Å². The summed E-state index contributed by atoms with van der Waals surface area (Å²) in [7, 11) is 0. The average molecular weight is 253 g/mol. The van der Waals surface area contributed by atoms with Gasteiger partial charge in [0.2, 0.25) is 0 Å². The second kappa shape index (κ2) is 6.88. The minimum Gasteiger partial charge on any atom is -0.310 e. The minimum atomic E-state index is 0.618. The summed E-state index contributed by atoms with van der Waals surface area (Å²) >= 11 is 0. The highest BCUT2D eigenvalue weighted by atomic mass is 15.2.